The fraction of sp³-hybridized carbons (Fsp3) is 0.0625. The molecular formula is C16H10F3NO. The monoisotopic (exact) mass is 289 g/mol. The number of ether oxygens (including phenoxy) is 1. The number of rotatable bonds is 1. The molecule has 0 radical (unpaired) electrons. The van der Waals surface area contributed by atoms with Gasteiger partial charge in [0.25, 0.3) is 0 Å². The predicted octanol–water partition coefficient (Wildman–Crippen LogP) is 3.09. The third-order valence-electron chi connectivity index (χ3n) is 3.06. The molecule has 106 valence electrons. The predicted molar refractivity (Wildman–Crippen MR) is 72.2 cm³/mol. The second-order valence-electron chi connectivity index (χ2n) is 4.50. The Labute approximate surface area is 118 Å². The summed E-state index contributed by atoms with van der Waals surface area (Å²) in [6.07, 6.45) is -1.37. The van der Waals surface area contributed by atoms with E-state index in [0.717, 1.165) is 17.4 Å². The van der Waals surface area contributed by atoms with Gasteiger partial charge >= 0.3 is 6.18 Å². The second kappa shape index (κ2) is 5.09. The van der Waals surface area contributed by atoms with Crippen molar-refractivity contribution in [2.45, 2.75) is 6.18 Å². The molecule has 0 spiro atoms. The van der Waals surface area contributed by atoms with Crippen molar-refractivity contribution in [3.63, 3.8) is 0 Å². The van der Waals surface area contributed by atoms with E-state index in [1.54, 1.807) is 6.26 Å². The van der Waals surface area contributed by atoms with E-state index >= 15 is 0 Å². The van der Waals surface area contributed by atoms with E-state index in [9.17, 15) is 13.2 Å². The molecule has 2 aromatic rings. The number of para-hydroxylation sites is 1. The van der Waals surface area contributed by atoms with Crippen LogP contribution in [0, 0.1) is 0 Å². The summed E-state index contributed by atoms with van der Waals surface area (Å²) in [5.41, 5.74) is 0.353. The number of nitrogens with zero attached hydrogens (tertiary/aromatic N) is 1. The molecule has 0 aromatic heterocycles. The van der Waals surface area contributed by atoms with E-state index in [2.05, 4.69) is 4.99 Å². The highest BCUT2D eigenvalue weighted by molar-refractivity contribution is 5.64. The van der Waals surface area contributed by atoms with Crippen LogP contribution in [0.3, 0.4) is 0 Å². The fourth-order valence-corrected chi connectivity index (χ4v) is 1.98. The van der Waals surface area contributed by atoms with Crippen LogP contribution in [0.25, 0.3) is 12.0 Å². The topological polar surface area (TPSA) is 21.6 Å². The standard InChI is InChI=1S/C16H10F3NO/c17-16(18,19)13-7-5-11(6-8-13)15-10-21-9-12-3-1-2-4-14(12)20-15/h1-10H. The first-order chi connectivity index (χ1) is 10.0. The summed E-state index contributed by atoms with van der Waals surface area (Å²) in [5, 5.41) is 1.52. The minimum atomic E-state index is -4.34. The van der Waals surface area contributed by atoms with Gasteiger partial charge in [0, 0.05) is 10.8 Å². The summed E-state index contributed by atoms with van der Waals surface area (Å²) in [6.45, 7) is 0. The first-order valence-electron chi connectivity index (χ1n) is 6.21. The minimum Gasteiger partial charge on any atom is -0.470 e. The maximum absolute atomic E-state index is 12.6. The van der Waals surface area contributed by atoms with E-state index < -0.39 is 11.7 Å². The van der Waals surface area contributed by atoms with Gasteiger partial charge in [-0.3, -0.25) is 0 Å². The Balaban J connectivity index is 2.01. The molecule has 1 aliphatic rings. The van der Waals surface area contributed by atoms with Crippen LogP contribution >= 0.6 is 0 Å². The van der Waals surface area contributed by atoms with Crippen LogP contribution in [-0.4, -0.2) is 0 Å². The van der Waals surface area contributed by atoms with Gasteiger partial charge in [0.1, 0.15) is 12.0 Å². The summed E-state index contributed by atoms with van der Waals surface area (Å²) in [5.74, 6) is 0. The van der Waals surface area contributed by atoms with E-state index in [1.807, 2.05) is 24.3 Å². The van der Waals surface area contributed by atoms with Gasteiger partial charge in [-0.1, -0.05) is 24.3 Å². The van der Waals surface area contributed by atoms with Gasteiger partial charge in [-0.25, -0.2) is 4.99 Å². The lowest BCUT2D eigenvalue weighted by Crippen LogP contribution is -2.23. The lowest BCUT2D eigenvalue weighted by atomic mass is 10.1. The zero-order chi connectivity index (χ0) is 14.9. The van der Waals surface area contributed by atoms with Gasteiger partial charge in [0.05, 0.1) is 17.2 Å². The van der Waals surface area contributed by atoms with Gasteiger partial charge in [-0.05, 0) is 24.3 Å². The quantitative estimate of drug-likeness (QED) is 0.790. The first-order valence-corrected chi connectivity index (χ1v) is 6.21. The van der Waals surface area contributed by atoms with Crippen molar-refractivity contribution in [3.8, 4) is 0 Å². The molecule has 0 saturated carbocycles. The Morgan fingerprint density at radius 2 is 1.57 bits per heavy atom. The highest BCUT2D eigenvalue weighted by Gasteiger charge is 2.30. The lowest BCUT2D eigenvalue weighted by molar-refractivity contribution is -0.137. The van der Waals surface area contributed by atoms with Crippen molar-refractivity contribution in [3.05, 3.63) is 76.5 Å². The van der Waals surface area contributed by atoms with Crippen molar-refractivity contribution >= 4 is 12.0 Å². The second-order valence-corrected chi connectivity index (χ2v) is 4.50. The zero-order valence-corrected chi connectivity index (χ0v) is 10.8. The molecule has 3 rings (SSSR count). The molecule has 2 aromatic carbocycles. The Morgan fingerprint density at radius 3 is 2.29 bits per heavy atom. The van der Waals surface area contributed by atoms with E-state index in [-0.39, 0.29) is 0 Å². The Bertz CT molecular complexity index is 805. The Kier molecular flexibility index (Phi) is 3.25. The molecule has 0 unspecified atom stereocenters. The average Bonchev–Trinajstić information content (AvgIpc) is 2.68. The maximum Gasteiger partial charge on any atom is 0.416 e. The molecule has 1 heterocycles. The van der Waals surface area contributed by atoms with E-state index in [0.29, 0.717) is 16.6 Å². The van der Waals surface area contributed by atoms with E-state index in [1.165, 1.54) is 18.4 Å². The zero-order valence-electron chi connectivity index (χ0n) is 10.8. The van der Waals surface area contributed by atoms with Crippen LogP contribution in [0.1, 0.15) is 11.1 Å². The minimum absolute atomic E-state index is 0.477. The van der Waals surface area contributed by atoms with Gasteiger partial charge in [0.15, 0.2) is 0 Å². The molecule has 0 fully saturated rings. The maximum atomic E-state index is 12.6. The highest BCUT2D eigenvalue weighted by Crippen LogP contribution is 2.30. The summed E-state index contributed by atoms with van der Waals surface area (Å²) in [6, 6.07) is 12.2. The Hall–Kier alpha value is -2.56. The number of fused-ring (bicyclic) bond motifs is 1. The lowest BCUT2D eigenvalue weighted by Gasteiger charge is -2.07. The SMILES string of the molecule is FC(F)(F)c1ccc(C2=COC=c3ccccc3=N2)cc1. The average molecular weight is 289 g/mol. The van der Waals surface area contributed by atoms with Crippen molar-refractivity contribution in [2.24, 2.45) is 4.99 Å². The van der Waals surface area contributed by atoms with Crippen LogP contribution in [0.5, 0.6) is 0 Å². The van der Waals surface area contributed by atoms with Gasteiger partial charge in [-0.2, -0.15) is 13.2 Å². The number of hydrogen-bond acceptors (Lipinski definition) is 2. The van der Waals surface area contributed by atoms with Crippen LogP contribution < -0.4 is 10.6 Å². The fourth-order valence-electron chi connectivity index (χ4n) is 1.98. The number of hydrogen-bond donors (Lipinski definition) is 0. The van der Waals surface area contributed by atoms with Crippen molar-refractivity contribution < 1.29 is 17.9 Å². The van der Waals surface area contributed by atoms with Crippen molar-refractivity contribution in [1.29, 1.82) is 0 Å². The van der Waals surface area contributed by atoms with Crippen LogP contribution in [-0.2, 0) is 10.9 Å². The number of halogens is 3. The van der Waals surface area contributed by atoms with Gasteiger partial charge in [0.2, 0.25) is 0 Å². The first kappa shape index (κ1) is 13.4. The summed E-state index contributed by atoms with van der Waals surface area (Å²) in [7, 11) is 0. The number of alkyl halides is 3. The smallest absolute Gasteiger partial charge is 0.416 e. The molecule has 21 heavy (non-hydrogen) atoms. The molecule has 0 saturated heterocycles. The molecule has 0 atom stereocenters. The summed E-state index contributed by atoms with van der Waals surface area (Å²) < 4.78 is 43.0. The summed E-state index contributed by atoms with van der Waals surface area (Å²) in [4.78, 5) is 4.42. The third-order valence-corrected chi connectivity index (χ3v) is 3.06. The van der Waals surface area contributed by atoms with Crippen LogP contribution in [0.2, 0.25) is 0 Å². The Morgan fingerprint density at radius 1 is 0.857 bits per heavy atom. The molecule has 0 bridgehead atoms. The largest absolute Gasteiger partial charge is 0.470 e. The summed E-state index contributed by atoms with van der Waals surface area (Å²) >= 11 is 0. The highest BCUT2D eigenvalue weighted by atomic mass is 19.4. The molecule has 0 N–H and O–H groups in total. The number of benzene rings is 2. The molecule has 1 aliphatic heterocycles. The molecular weight excluding hydrogens is 279 g/mol. The van der Waals surface area contributed by atoms with Gasteiger partial charge < -0.3 is 4.74 Å². The van der Waals surface area contributed by atoms with E-state index in [4.69, 9.17) is 4.74 Å². The molecule has 2 nitrogen and oxygen atoms in total. The molecule has 5 heteroatoms. The van der Waals surface area contributed by atoms with Crippen molar-refractivity contribution in [1.82, 2.24) is 0 Å². The normalized spacial score (nSPS) is 14.0. The van der Waals surface area contributed by atoms with Crippen molar-refractivity contribution in [2.75, 3.05) is 0 Å². The van der Waals surface area contributed by atoms with Crippen LogP contribution in [0.15, 0.2) is 59.8 Å². The molecule has 0 amide bonds. The van der Waals surface area contributed by atoms with Crippen LogP contribution in [0.4, 0.5) is 13.2 Å². The van der Waals surface area contributed by atoms with Gasteiger partial charge in [-0.15, -0.1) is 0 Å². The molecule has 0 aliphatic carbocycles. The third kappa shape index (κ3) is 2.81.